The van der Waals surface area contributed by atoms with E-state index in [9.17, 15) is 19.1 Å². The molecule has 4 saturated carbocycles. The largest absolute Gasteiger partial charge is 0.390 e. The highest BCUT2D eigenvalue weighted by molar-refractivity contribution is 5.95. The third-order valence-electron chi connectivity index (χ3n) is 7.46. The van der Waals surface area contributed by atoms with Crippen molar-refractivity contribution in [3.05, 3.63) is 71.0 Å². The van der Waals surface area contributed by atoms with Crippen molar-refractivity contribution in [2.45, 2.75) is 56.2 Å². The third-order valence-corrected chi connectivity index (χ3v) is 7.46. The van der Waals surface area contributed by atoms with Gasteiger partial charge in [0, 0.05) is 30.3 Å². The molecule has 2 aromatic carbocycles. The Balaban J connectivity index is 1.23. The maximum atomic E-state index is 13.4. The molecule has 2 atom stereocenters. The summed E-state index contributed by atoms with van der Waals surface area (Å²) in [6, 6.07) is 12.9. The average Bonchev–Trinajstić information content (AvgIpc) is 2.71. The fourth-order valence-corrected chi connectivity index (χ4v) is 6.62. The van der Waals surface area contributed by atoms with Gasteiger partial charge in [-0.15, -0.1) is 0 Å². The summed E-state index contributed by atoms with van der Waals surface area (Å²) in [5, 5.41) is 14.2. The molecule has 4 aliphatic rings. The summed E-state index contributed by atoms with van der Waals surface area (Å²) in [6.45, 7) is 0.359. The predicted molar refractivity (Wildman–Crippen MR) is 118 cm³/mol. The van der Waals surface area contributed by atoms with E-state index in [1.807, 2.05) is 12.1 Å². The molecule has 2 N–H and O–H groups in total. The van der Waals surface area contributed by atoms with Gasteiger partial charge in [0.15, 0.2) is 0 Å². The number of aliphatic hydroxyl groups is 1. The molecule has 168 valence electrons. The Morgan fingerprint density at radius 1 is 1.06 bits per heavy atom. The van der Waals surface area contributed by atoms with Crippen LogP contribution >= 0.6 is 0 Å². The van der Waals surface area contributed by atoms with Gasteiger partial charge in [-0.1, -0.05) is 18.2 Å². The van der Waals surface area contributed by atoms with Crippen LogP contribution in [0.2, 0.25) is 0 Å². The lowest BCUT2D eigenvalue weighted by Crippen LogP contribution is -2.65. The van der Waals surface area contributed by atoms with Crippen LogP contribution < -0.4 is 5.32 Å². The van der Waals surface area contributed by atoms with Crippen molar-refractivity contribution in [1.29, 1.82) is 0 Å². The molecule has 4 bridgehead atoms. The summed E-state index contributed by atoms with van der Waals surface area (Å²) in [6.07, 6.45) is 5.50. The van der Waals surface area contributed by atoms with E-state index in [2.05, 4.69) is 5.32 Å². The van der Waals surface area contributed by atoms with Crippen LogP contribution in [0.3, 0.4) is 0 Å². The molecule has 32 heavy (non-hydrogen) atoms. The highest BCUT2D eigenvalue weighted by atomic mass is 19.1. The summed E-state index contributed by atoms with van der Waals surface area (Å²) in [7, 11) is 1.67. The number of carbonyl (C=O) groups is 2. The second-order valence-corrected chi connectivity index (χ2v) is 10.3. The highest BCUT2D eigenvalue weighted by Crippen LogP contribution is 2.57. The summed E-state index contributed by atoms with van der Waals surface area (Å²) in [5.41, 5.74) is 0.876. The standard InChI is InChI=1S/C26H29FN2O3/c1-29(24(31)21-3-2-4-22(27)10-21)15-17-5-7-20(8-6-17)23(30)28-25-11-18-9-19(12-25)14-26(32,13-18)16-25/h2-8,10,18-19,32H,9,11-16H2,1H3,(H,28,30). The van der Waals surface area contributed by atoms with Crippen LogP contribution in [0.1, 0.15) is 64.8 Å². The summed E-state index contributed by atoms with van der Waals surface area (Å²) < 4.78 is 13.4. The van der Waals surface area contributed by atoms with E-state index in [4.69, 9.17) is 0 Å². The first-order valence-corrected chi connectivity index (χ1v) is 11.4. The monoisotopic (exact) mass is 436 g/mol. The van der Waals surface area contributed by atoms with Crippen LogP contribution in [0.5, 0.6) is 0 Å². The summed E-state index contributed by atoms with van der Waals surface area (Å²) >= 11 is 0. The van der Waals surface area contributed by atoms with Gasteiger partial charge >= 0.3 is 0 Å². The summed E-state index contributed by atoms with van der Waals surface area (Å²) in [5.74, 6) is 0.216. The lowest BCUT2D eigenvalue weighted by molar-refractivity contribution is -0.139. The normalized spacial score (nSPS) is 30.2. The molecular weight excluding hydrogens is 407 g/mol. The van der Waals surface area contributed by atoms with Crippen molar-refractivity contribution < 1.29 is 19.1 Å². The Hall–Kier alpha value is -2.73. The number of carbonyl (C=O) groups excluding carboxylic acids is 2. The molecule has 2 aromatic rings. The fraction of sp³-hybridized carbons (Fsp3) is 0.462. The second-order valence-electron chi connectivity index (χ2n) is 10.3. The molecule has 6 rings (SSSR count). The number of nitrogens with zero attached hydrogens (tertiary/aromatic N) is 1. The zero-order chi connectivity index (χ0) is 22.5. The number of hydrogen-bond acceptors (Lipinski definition) is 3. The molecule has 0 spiro atoms. The number of nitrogens with one attached hydrogen (secondary N) is 1. The van der Waals surface area contributed by atoms with Crippen molar-refractivity contribution in [2.24, 2.45) is 11.8 Å². The Kier molecular flexibility index (Phi) is 5.08. The molecule has 2 amide bonds. The number of halogens is 1. The topological polar surface area (TPSA) is 69.6 Å². The predicted octanol–water partition coefficient (Wildman–Crippen LogP) is 3.91. The van der Waals surface area contributed by atoms with Gasteiger partial charge in [-0.25, -0.2) is 4.39 Å². The molecule has 0 aromatic heterocycles. The molecule has 2 unspecified atom stereocenters. The van der Waals surface area contributed by atoms with Gasteiger partial charge in [-0.05, 0) is 86.3 Å². The minimum absolute atomic E-state index is 0.105. The Morgan fingerprint density at radius 2 is 1.75 bits per heavy atom. The fourth-order valence-electron chi connectivity index (χ4n) is 6.62. The molecule has 0 radical (unpaired) electrons. The van der Waals surface area contributed by atoms with Gasteiger partial charge in [0.05, 0.1) is 5.60 Å². The van der Waals surface area contributed by atoms with E-state index in [1.165, 1.54) is 29.5 Å². The van der Waals surface area contributed by atoms with Crippen molar-refractivity contribution in [1.82, 2.24) is 10.2 Å². The van der Waals surface area contributed by atoms with Crippen molar-refractivity contribution in [2.75, 3.05) is 7.05 Å². The average molecular weight is 437 g/mol. The Bertz CT molecular complexity index is 1040. The minimum atomic E-state index is -0.611. The van der Waals surface area contributed by atoms with Crippen LogP contribution in [-0.4, -0.2) is 40.0 Å². The molecule has 6 heteroatoms. The van der Waals surface area contributed by atoms with E-state index < -0.39 is 11.4 Å². The lowest BCUT2D eigenvalue weighted by Gasteiger charge is -2.60. The number of benzene rings is 2. The molecular formula is C26H29FN2O3. The maximum Gasteiger partial charge on any atom is 0.253 e. The zero-order valence-electron chi connectivity index (χ0n) is 18.3. The first-order chi connectivity index (χ1) is 15.2. The quantitative estimate of drug-likeness (QED) is 0.747. The number of amides is 2. The van der Waals surface area contributed by atoms with Crippen molar-refractivity contribution in [3.63, 3.8) is 0 Å². The first kappa shape index (κ1) is 21.1. The van der Waals surface area contributed by atoms with Gasteiger partial charge in [0.25, 0.3) is 11.8 Å². The zero-order valence-corrected chi connectivity index (χ0v) is 18.3. The lowest BCUT2D eigenvalue weighted by atomic mass is 9.51. The number of hydrogen-bond donors (Lipinski definition) is 2. The van der Waals surface area contributed by atoms with E-state index in [-0.39, 0.29) is 17.4 Å². The first-order valence-electron chi connectivity index (χ1n) is 11.4. The Labute approximate surface area is 187 Å². The minimum Gasteiger partial charge on any atom is -0.390 e. The molecule has 0 aliphatic heterocycles. The van der Waals surface area contributed by atoms with Crippen LogP contribution in [0.25, 0.3) is 0 Å². The van der Waals surface area contributed by atoms with Crippen LogP contribution in [0.15, 0.2) is 48.5 Å². The number of rotatable bonds is 5. The van der Waals surface area contributed by atoms with Gasteiger partial charge in [0.1, 0.15) is 5.82 Å². The van der Waals surface area contributed by atoms with E-state index in [0.29, 0.717) is 35.9 Å². The Morgan fingerprint density at radius 3 is 2.38 bits per heavy atom. The highest BCUT2D eigenvalue weighted by Gasteiger charge is 2.57. The molecule has 0 heterocycles. The van der Waals surface area contributed by atoms with Gasteiger partial charge < -0.3 is 15.3 Å². The molecule has 4 fully saturated rings. The third kappa shape index (κ3) is 4.04. The van der Waals surface area contributed by atoms with Crippen LogP contribution in [-0.2, 0) is 6.54 Å². The van der Waals surface area contributed by atoms with E-state index >= 15 is 0 Å². The summed E-state index contributed by atoms with van der Waals surface area (Å²) in [4.78, 5) is 27.1. The maximum absolute atomic E-state index is 13.4. The van der Waals surface area contributed by atoms with Crippen LogP contribution in [0.4, 0.5) is 4.39 Å². The molecule has 5 nitrogen and oxygen atoms in total. The second kappa shape index (κ2) is 7.69. The van der Waals surface area contributed by atoms with E-state index in [0.717, 1.165) is 31.2 Å². The van der Waals surface area contributed by atoms with Crippen molar-refractivity contribution >= 4 is 11.8 Å². The smallest absolute Gasteiger partial charge is 0.253 e. The van der Waals surface area contributed by atoms with Crippen LogP contribution in [0, 0.1) is 17.7 Å². The van der Waals surface area contributed by atoms with Crippen molar-refractivity contribution in [3.8, 4) is 0 Å². The molecule has 0 saturated heterocycles. The van der Waals surface area contributed by atoms with Gasteiger partial charge in [0.2, 0.25) is 0 Å². The SMILES string of the molecule is CN(Cc1ccc(C(=O)NC23CC4CC(CC(O)(C4)C2)C3)cc1)C(=O)c1cccc(F)c1. The van der Waals surface area contributed by atoms with Gasteiger partial charge in [-0.2, -0.15) is 0 Å². The van der Waals surface area contributed by atoms with E-state index in [1.54, 1.807) is 25.2 Å². The molecule has 4 aliphatic carbocycles. The van der Waals surface area contributed by atoms with Gasteiger partial charge in [-0.3, -0.25) is 9.59 Å².